The molecule has 0 saturated heterocycles. The molecule has 1 aromatic heterocycles. The van der Waals surface area contributed by atoms with Gasteiger partial charge in [-0.3, -0.25) is 0 Å². The molecule has 1 heterocycles. The minimum Gasteiger partial charge on any atom is -0.497 e. The third-order valence-corrected chi connectivity index (χ3v) is 5.70. The zero-order chi connectivity index (χ0) is 23.8. The number of benzene rings is 2. The number of nitrogens with zero attached hydrogens (tertiary/aromatic N) is 4. The lowest BCUT2D eigenvalue weighted by molar-refractivity contribution is 0.414. The van der Waals surface area contributed by atoms with E-state index in [0.717, 1.165) is 41.9 Å². The highest BCUT2D eigenvalue weighted by molar-refractivity contribution is 14.0. The Bertz CT molecular complexity index is 1050. The number of aromatic nitrogens is 3. The average Bonchev–Trinajstić information content (AvgIpc) is 3.12. The van der Waals surface area contributed by atoms with Gasteiger partial charge in [0.15, 0.2) is 11.8 Å². The second-order valence-electron chi connectivity index (χ2n) is 9.21. The first-order chi connectivity index (χ1) is 15.8. The Balaban J connectivity index is 0.00000408. The van der Waals surface area contributed by atoms with Crippen LogP contribution in [0.4, 0.5) is 0 Å². The van der Waals surface area contributed by atoms with Crippen molar-refractivity contribution in [2.75, 3.05) is 13.7 Å². The summed E-state index contributed by atoms with van der Waals surface area (Å²) in [6, 6.07) is 16.8. The molecule has 0 atom stereocenters. The molecule has 0 saturated carbocycles. The Hall–Kier alpha value is -2.62. The normalized spacial score (nSPS) is 11.6. The lowest BCUT2D eigenvalue weighted by Gasteiger charge is -2.19. The molecule has 34 heavy (non-hydrogen) atoms. The van der Waals surface area contributed by atoms with Crippen LogP contribution in [0, 0.1) is 6.92 Å². The molecule has 3 aromatic rings. The molecule has 0 aliphatic rings. The molecule has 0 amide bonds. The number of ether oxygens (including phenoxy) is 1. The van der Waals surface area contributed by atoms with Gasteiger partial charge in [0.25, 0.3) is 0 Å². The van der Waals surface area contributed by atoms with Crippen LogP contribution in [-0.2, 0) is 32.0 Å². The first-order valence-corrected chi connectivity index (χ1v) is 11.4. The van der Waals surface area contributed by atoms with Gasteiger partial charge in [-0.05, 0) is 47.6 Å². The number of rotatable bonds is 8. The van der Waals surface area contributed by atoms with Gasteiger partial charge in [-0.2, -0.15) is 0 Å². The maximum absolute atomic E-state index is 5.24. The van der Waals surface area contributed by atoms with Crippen LogP contribution in [0.25, 0.3) is 0 Å². The number of aliphatic imine (C=N–C) groups is 1. The van der Waals surface area contributed by atoms with E-state index in [-0.39, 0.29) is 29.4 Å². The SMILES string of the molecule is COc1ccc(CN=C(NCCc2ccc(C(C)(C)C)cc2)NCc2nnc(C)n2C)cc1.I. The zero-order valence-corrected chi connectivity index (χ0v) is 23.4. The number of nitrogens with one attached hydrogen (secondary N) is 2. The number of hydrogen-bond donors (Lipinski definition) is 2. The number of hydrogen-bond acceptors (Lipinski definition) is 4. The number of guanidine groups is 1. The van der Waals surface area contributed by atoms with Gasteiger partial charge in [0.05, 0.1) is 20.2 Å². The monoisotopic (exact) mass is 576 g/mol. The molecule has 0 fully saturated rings. The van der Waals surface area contributed by atoms with Crippen LogP contribution in [-0.4, -0.2) is 34.4 Å². The summed E-state index contributed by atoms with van der Waals surface area (Å²) in [6.07, 6.45) is 0.913. The van der Waals surface area contributed by atoms with E-state index in [4.69, 9.17) is 9.73 Å². The van der Waals surface area contributed by atoms with Crippen molar-refractivity contribution in [3.8, 4) is 5.75 Å². The van der Waals surface area contributed by atoms with Crippen LogP contribution >= 0.6 is 24.0 Å². The fourth-order valence-corrected chi connectivity index (χ4v) is 3.34. The minimum atomic E-state index is 0. The summed E-state index contributed by atoms with van der Waals surface area (Å²) >= 11 is 0. The molecule has 0 spiro atoms. The van der Waals surface area contributed by atoms with Gasteiger partial charge >= 0.3 is 0 Å². The van der Waals surface area contributed by atoms with Gasteiger partial charge in [-0.15, -0.1) is 34.2 Å². The Morgan fingerprint density at radius 2 is 1.62 bits per heavy atom. The van der Waals surface area contributed by atoms with Crippen LogP contribution in [0.5, 0.6) is 5.75 Å². The molecule has 0 radical (unpaired) electrons. The fourth-order valence-electron chi connectivity index (χ4n) is 3.34. The highest BCUT2D eigenvalue weighted by atomic mass is 127. The Kier molecular flexibility index (Phi) is 10.3. The molecule has 184 valence electrons. The van der Waals surface area contributed by atoms with Crippen molar-refractivity contribution in [1.82, 2.24) is 25.4 Å². The molecule has 2 N–H and O–H groups in total. The Labute approximate surface area is 220 Å². The molecule has 2 aromatic carbocycles. The molecule has 0 unspecified atom stereocenters. The molecule has 7 nitrogen and oxygen atoms in total. The third kappa shape index (κ3) is 8.00. The lowest BCUT2D eigenvalue weighted by Crippen LogP contribution is -2.38. The first kappa shape index (κ1) is 27.6. The van der Waals surface area contributed by atoms with Gasteiger partial charge in [-0.25, -0.2) is 4.99 Å². The predicted molar refractivity (Wildman–Crippen MR) is 149 cm³/mol. The Morgan fingerprint density at radius 1 is 0.971 bits per heavy atom. The maximum atomic E-state index is 5.24. The summed E-state index contributed by atoms with van der Waals surface area (Å²) in [7, 11) is 3.64. The van der Waals surface area contributed by atoms with Crippen molar-refractivity contribution in [2.24, 2.45) is 12.0 Å². The van der Waals surface area contributed by atoms with Crippen molar-refractivity contribution in [3.05, 3.63) is 76.9 Å². The summed E-state index contributed by atoms with van der Waals surface area (Å²) in [5.41, 5.74) is 3.93. The highest BCUT2D eigenvalue weighted by Gasteiger charge is 2.13. The molecule has 0 bridgehead atoms. The van der Waals surface area contributed by atoms with E-state index in [9.17, 15) is 0 Å². The van der Waals surface area contributed by atoms with Crippen molar-refractivity contribution in [2.45, 2.75) is 52.6 Å². The van der Waals surface area contributed by atoms with E-state index in [2.05, 4.69) is 65.9 Å². The van der Waals surface area contributed by atoms with Crippen molar-refractivity contribution < 1.29 is 4.74 Å². The average molecular weight is 577 g/mol. The maximum Gasteiger partial charge on any atom is 0.191 e. The van der Waals surface area contributed by atoms with E-state index in [1.54, 1.807) is 7.11 Å². The summed E-state index contributed by atoms with van der Waals surface area (Å²) < 4.78 is 7.22. The van der Waals surface area contributed by atoms with E-state index in [1.165, 1.54) is 11.1 Å². The summed E-state index contributed by atoms with van der Waals surface area (Å²) in [6.45, 7) is 10.5. The van der Waals surface area contributed by atoms with Gasteiger partial charge < -0.3 is 19.9 Å². The van der Waals surface area contributed by atoms with Gasteiger partial charge in [0.2, 0.25) is 0 Å². The number of methoxy groups -OCH3 is 1. The molecular weight excluding hydrogens is 539 g/mol. The largest absolute Gasteiger partial charge is 0.497 e. The van der Waals surface area contributed by atoms with Crippen LogP contribution in [0.15, 0.2) is 53.5 Å². The van der Waals surface area contributed by atoms with E-state index < -0.39 is 0 Å². The van der Waals surface area contributed by atoms with E-state index in [0.29, 0.717) is 13.1 Å². The molecule has 8 heteroatoms. The lowest BCUT2D eigenvalue weighted by atomic mass is 9.86. The highest BCUT2D eigenvalue weighted by Crippen LogP contribution is 2.22. The van der Waals surface area contributed by atoms with Crippen LogP contribution in [0.3, 0.4) is 0 Å². The standard InChI is InChI=1S/C26H36N6O.HI/c1-19-30-31-24(32(19)5)18-29-25(28-17-21-9-13-23(33-6)14-10-21)27-16-15-20-7-11-22(12-8-20)26(2,3)4;/h7-14H,15-18H2,1-6H3,(H2,27,28,29);1H. The Morgan fingerprint density at radius 3 is 2.18 bits per heavy atom. The quantitative estimate of drug-likeness (QED) is 0.234. The van der Waals surface area contributed by atoms with E-state index in [1.807, 2.05) is 42.8 Å². The summed E-state index contributed by atoms with van der Waals surface area (Å²) in [4.78, 5) is 4.77. The second-order valence-corrected chi connectivity index (χ2v) is 9.21. The van der Waals surface area contributed by atoms with Crippen molar-refractivity contribution in [3.63, 3.8) is 0 Å². The van der Waals surface area contributed by atoms with Crippen molar-refractivity contribution in [1.29, 1.82) is 0 Å². The third-order valence-electron chi connectivity index (χ3n) is 5.70. The summed E-state index contributed by atoms with van der Waals surface area (Å²) in [5, 5.41) is 15.2. The zero-order valence-electron chi connectivity index (χ0n) is 21.1. The first-order valence-electron chi connectivity index (χ1n) is 11.4. The van der Waals surface area contributed by atoms with Crippen LogP contribution in [0.2, 0.25) is 0 Å². The van der Waals surface area contributed by atoms with Crippen LogP contribution in [0.1, 0.15) is 49.1 Å². The molecule has 3 rings (SSSR count). The summed E-state index contributed by atoms with van der Waals surface area (Å²) in [5.74, 6) is 3.34. The van der Waals surface area contributed by atoms with Gasteiger partial charge in [0, 0.05) is 13.6 Å². The number of aryl methyl sites for hydroxylation is 1. The topological polar surface area (TPSA) is 76.4 Å². The fraction of sp³-hybridized carbons (Fsp3) is 0.423. The predicted octanol–water partition coefficient (Wildman–Crippen LogP) is 4.53. The van der Waals surface area contributed by atoms with Crippen molar-refractivity contribution >= 4 is 29.9 Å². The number of halogens is 1. The van der Waals surface area contributed by atoms with E-state index >= 15 is 0 Å². The molecular formula is C26H37IN6O. The smallest absolute Gasteiger partial charge is 0.191 e. The van der Waals surface area contributed by atoms with Gasteiger partial charge in [0.1, 0.15) is 11.6 Å². The molecule has 0 aliphatic carbocycles. The minimum absolute atomic E-state index is 0. The molecule has 0 aliphatic heterocycles. The van der Waals surface area contributed by atoms with Crippen LogP contribution < -0.4 is 15.4 Å². The second kappa shape index (κ2) is 12.7. The van der Waals surface area contributed by atoms with Gasteiger partial charge in [-0.1, -0.05) is 57.2 Å².